The van der Waals surface area contributed by atoms with E-state index >= 15 is 0 Å². The molecule has 1 atom stereocenters. The predicted molar refractivity (Wildman–Crippen MR) is 79.2 cm³/mol. The maximum atomic E-state index is 13.7. The van der Waals surface area contributed by atoms with E-state index in [1.807, 2.05) is 6.92 Å². The second-order valence-corrected chi connectivity index (χ2v) is 7.56. The van der Waals surface area contributed by atoms with Gasteiger partial charge in [0.25, 0.3) is 9.05 Å². The van der Waals surface area contributed by atoms with E-state index in [9.17, 15) is 17.6 Å². The molecule has 1 rings (SSSR count). The average molecular weight is 378 g/mol. The van der Waals surface area contributed by atoms with Crippen LogP contribution in [0, 0.1) is 5.82 Å². The predicted octanol–water partition coefficient (Wildman–Crippen LogP) is 4.41. The minimum Gasteiger partial charge on any atom is -0.459 e. The maximum Gasteiger partial charge on any atom is 0.340 e. The van der Waals surface area contributed by atoms with Gasteiger partial charge in [0.15, 0.2) is 0 Å². The highest BCUT2D eigenvalue weighted by atomic mass is 35.7. The summed E-state index contributed by atoms with van der Waals surface area (Å²) in [5.41, 5.74) is -0.444. The normalized spacial score (nSPS) is 13.0. The van der Waals surface area contributed by atoms with Crippen molar-refractivity contribution in [3.63, 3.8) is 0 Å². The Balaban J connectivity index is 3.33. The van der Waals surface area contributed by atoms with Crippen molar-refractivity contribution in [3.05, 3.63) is 27.5 Å². The first-order chi connectivity index (χ1) is 9.59. The van der Waals surface area contributed by atoms with Crippen LogP contribution in [0.25, 0.3) is 0 Å². The Bertz CT molecular complexity index is 661. The van der Waals surface area contributed by atoms with Crippen molar-refractivity contribution in [1.82, 2.24) is 0 Å². The molecular formula is C12H12Cl3FO4S. The number of hydrogen-bond acceptors (Lipinski definition) is 4. The lowest BCUT2D eigenvalue weighted by Gasteiger charge is -2.14. The minimum atomic E-state index is -4.42. The molecule has 0 aliphatic heterocycles. The smallest absolute Gasteiger partial charge is 0.340 e. The molecule has 0 radical (unpaired) electrons. The van der Waals surface area contributed by atoms with Crippen LogP contribution in [0.1, 0.15) is 37.0 Å². The summed E-state index contributed by atoms with van der Waals surface area (Å²) in [6.07, 6.45) is 0.951. The molecule has 0 aliphatic rings. The first kappa shape index (κ1) is 18.5. The summed E-state index contributed by atoms with van der Waals surface area (Å²) >= 11 is 11.4. The van der Waals surface area contributed by atoms with Crippen molar-refractivity contribution in [2.45, 2.75) is 37.7 Å². The van der Waals surface area contributed by atoms with Gasteiger partial charge in [-0.1, -0.05) is 36.5 Å². The Morgan fingerprint density at radius 2 is 1.95 bits per heavy atom. The van der Waals surface area contributed by atoms with Crippen molar-refractivity contribution < 1.29 is 22.3 Å². The summed E-state index contributed by atoms with van der Waals surface area (Å²) in [6.45, 7) is 3.55. The summed E-state index contributed by atoms with van der Waals surface area (Å²) < 4.78 is 41.5. The van der Waals surface area contributed by atoms with E-state index in [0.717, 1.165) is 12.5 Å². The van der Waals surface area contributed by atoms with E-state index in [2.05, 4.69) is 0 Å². The van der Waals surface area contributed by atoms with Gasteiger partial charge in [-0.25, -0.2) is 17.6 Å². The Morgan fingerprint density at radius 3 is 2.43 bits per heavy atom. The lowest BCUT2D eigenvalue weighted by Crippen LogP contribution is -2.16. The molecule has 0 saturated heterocycles. The van der Waals surface area contributed by atoms with Gasteiger partial charge in [0.1, 0.15) is 10.7 Å². The standard InChI is InChI=1S/C12H12Cl3FO4S/c1-3-4-6(2)20-12(17)7-5-8(16)10(14)11(9(7)13)21(15,18)19/h5-6H,3-4H2,1-2H3. The summed E-state index contributed by atoms with van der Waals surface area (Å²) in [5.74, 6) is -2.08. The number of rotatable bonds is 5. The molecule has 21 heavy (non-hydrogen) atoms. The van der Waals surface area contributed by atoms with Crippen LogP contribution in [0.15, 0.2) is 11.0 Å². The van der Waals surface area contributed by atoms with Crippen LogP contribution in [0.2, 0.25) is 10.0 Å². The Kier molecular flexibility index (Phi) is 6.28. The third-order valence-electron chi connectivity index (χ3n) is 2.58. The molecule has 0 bridgehead atoms. The van der Waals surface area contributed by atoms with Crippen molar-refractivity contribution in [1.29, 1.82) is 0 Å². The van der Waals surface area contributed by atoms with Gasteiger partial charge in [-0.3, -0.25) is 0 Å². The number of ether oxygens (including phenoxy) is 1. The van der Waals surface area contributed by atoms with Gasteiger partial charge in [-0.2, -0.15) is 0 Å². The van der Waals surface area contributed by atoms with Crippen LogP contribution in [0.4, 0.5) is 4.39 Å². The van der Waals surface area contributed by atoms with Crippen molar-refractivity contribution in [3.8, 4) is 0 Å². The first-order valence-electron chi connectivity index (χ1n) is 5.92. The molecule has 0 heterocycles. The van der Waals surface area contributed by atoms with Crippen molar-refractivity contribution >= 4 is 48.9 Å². The summed E-state index contributed by atoms with van der Waals surface area (Å²) in [6, 6.07) is 0.719. The molecule has 0 aromatic heterocycles. The molecule has 118 valence electrons. The molecular weight excluding hydrogens is 366 g/mol. The lowest BCUT2D eigenvalue weighted by molar-refractivity contribution is 0.0323. The monoisotopic (exact) mass is 376 g/mol. The number of hydrogen-bond donors (Lipinski definition) is 0. The van der Waals surface area contributed by atoms with Crippen molar-refractivity contribution in [2.24, 2.45) is 0 Å². The second kappa shape index (κ2) is 7.13. The molecule has 1 aromatic carbocycles. The van der Waals surface area contributed by atoms with Gasteiger partial charge in [-0.05, 0) is 19.4 Å². The summed E-state index contributed by atoms with van der Waals surface area (Å²) in [5, 5.41) is -1.33. The fraction of sp³-hybridized carbons (Fsp3) is 0.417. The molecule has 0 spiro atoms. The van der Waals surface area contributed by atoms with Gasteiger partial charge >= 0.3 is 5.97 Å². The molecule has 0 saturated carbocycles. The van der Waals surface area contributed by atoms with E-state index in [0.29, 0.717) is 6.42 Å². The van der Waals surface area contributed by atoms with Gasteiger partial charge < -0.3 is 4.74 Å². The maximum absolute atomic E-state index is 13.7. The van der Waals surface area contributed by atoms with E-state index in [1.54, 1.807) is 6.92 Å². The largest absolute Gasteiger partial charge is 0.459 e. The molecule has 1 unspecified atom stereocenters. The van der Waals surface area contributed by atoms with Gasteiger partial charge in [0.05, 0.1) is 21.7 Å². The topological polar surface area (TPSA) is 60.4 Å². The highest BCUT2D eigenvalue weighted by Gasteiger charge is 2.28. The molecule has 0 aliphatic carbocycles. The van der Waals surface area contributed by atoms with Crippen LogP contribution in [0.5, 0.6) is 0 Å². The molecule has 0 N–H and O–H groups in total. The zero-order valence-corrected chi connectivity index (χ0v) is 14.2. The first-order valence-corrected chi connectivity index (χ1v) is 8.99. The van der Waals surface area contributed by atoms with Crippen LogP contribution in [-0.4, -0.2) is 20.5 Å². The molecule has 1 aromatic rings. The molecule has 0 fully saturated rings. The average Bonchev–Trinajstić information content (AvgIpc) is 2.32. The fourth-order valence-corrected chi connectivity index (χ4v) is 4.02. The Labute approximate surface area is 136 Å². The van der Waals surface area contributed by atoms with Gasteiger partial charge in [0.2, 0.25) is 0 Å². The van der Waals surface area contributed by atoms with E-state index < -0.39 is 47.4 Å². The molecule has 9 heteroatoms. The highest BCUT2D eigenvalue weighted by Crippen LogP contribution is 2.36. The van der Waals surface area contributed by atoms with Gasteiger partial charge in [0, 0.05) is 10.7 Å². The van der Waals surface area contributed by atoms with Crippen LogP contribution >= 0.6 is 33.9 Å². The Hall–Kier alpha value is -0.560. The van der Waals surface area contributed by atoms with E-state index in [1.165, 1.54) is 0 Å². The fourth-order valence-electron chi connectivity index (χ4n) is 1.65. The van der Waals surface area contributed by atoms with Crippen LogP contribution < -0.4 is 0 Å². The van der Waals surface area contributed by atoms with E-state index in [-0.39, 0.29) is 0 Å². The number of carbonyl (C=O) groups excluding carboxylic acids is 1. The van der Waals surface area contributed by atoms with Crippen LogP contribution in [0.3, 0.4) is 0 Å². The van der Waals surface area contributed by atoms with Gasteiger partial charge in [-0.15, -0.1) is 0 Å². The Morgan fingerprint density at radius 1 is 1.38 bits per heavy atom. The number of benzene rings is 1. The van der Waals surface area contributed by atoms with Crippen molar-refractivity contribution in [2.75, 3.05) is 0 Å². The minimum absolute atomic E-state index is 0.423. The molecule has 4 nitrogen and oxygen atoms in total. The lowest BCUT2D eigenvalue weighted by atomic mass is 10.2. The quantitative estimate of drug-likeness (QED) is 0.433. The number of carbonyl (C=O) groups is 1. The zero-order chi connectivity index (χ0) is 16.4. The summed E-state index contributed by atoms with van der Waals surface area (Å²) in [7, 11) is 0.737. The van der Waals surface area contributed by atoms with Crippen LogP contribution in [-0.2, 0) is 13.8 Å². The molecule has 0 amide bonds. The zero-order valence-electron chi connectivity index (χ0n) is 11.1. The summed E-state index contributed by atoms with van der Waals surface area (Å²) in [4.78, 5) is 11.1. The van der Waals surface area contributed by atoms with E-state index in [4.69, 9.17) is 38.6 Å². The number of esters is 1. The second-order valence-electron chi connectivity index (χ2n) is 4.31. The third-order valence-corrected chi connectivity index (χ3v) is 4.93. The highest BCUT2D eigenvalue weighted by molar-refractivity contribution is 8.14. The third kappa shape index (κ3) is 4.45. The number of halogens is 4. The SMILES string of the molecule is CCCC(C)OC(=O)c1cc(F)c(Cl)c(S(=O)(=O)Cl)c1Cl.